The maximum Gasteiger partial charge on any atom is 0.0424 e. The van der Waals surface area contributed by atoms with Gasteiger partial charge in [-0.05, 0) is 66.9 Å². The summed E-state index contributed by atoms with van der Waals surface area (Å²) in [7, 11) is 0. The highest BCUT2D eigenvalue weighted by Gasteiger charge is 2.31. The highest BCUT2D eigenvalue weighted by molar-refractivity contribution is 5.73. The fraction of sp³-hybridized carbons (Fsp3) is 0.400. The van der Waals surface area contributed by atoms with Crippen molar-refractivity contribution in [3.05, 3.63) is 83.3 Å². The van der Waals surface area contributed by atoms with E-state index in [0.717, 1.165) is 32.5 Å². The number of rotatable bonds is 6. The molecule has 1 atom stereocenters. The SMILES string of the molecule is C1=C2CC=C(c3ccc(CCN4CCCC4)nc3)C2CN1Cc1ccccc1. The summed E-state index contributed by atoms with van der Waals surface area (Å²) in [5, 5.41) is 0. The third-order valence-corrected chi connectivity index (χ3v) is 6.42. The largest absolute Gasteiger partial charge is 0.372 e. The molecule has 0 spiro atoms. The van der Waals surface area contributed by atoms with Gasteiger partial charge in [-0.3, -0.25) is 4.98 Å². The summed E-state index contributed by atoms with van der Waals surface area (Å²) in [4.78, 5) is 9.82. The second-order valence-electron chi connectivity index (χ2n) is 8.37. The lowest BCUT2D eigenvalue weighted by Crippen LogP contribution is -2.22. The van der Waals surface area contributed by atoms with Gasteiger partial charge in [0.1, 0.15) is 0 Å². The Morgan fingerprint density at radius 1 is 1.00 bits per heavy atom. The van der Waals surface area contributed by atoms with Crippen molar-refractivity contribution in [2.45, 2.75) is 32.2 Å². The van der Waals surface area contributed by atoms with Crippen molar-refractivity contribution < 1.29 is 0 Å². The van der Waals surface area contributed by atoms with E-state index in [2.05, 4.69) is 70.7 Å². The van der Waals surface area contributed by atoms with Crippen LogP contribution in [0.15, 0.2) is 66.5 Å². The van der Waals surface area contributed by atoms with E-state index in [1.807, 2.05) is 0 Å². The van der Waals surface area contributed by atoms with Crippen LogP contribution < -0.4 is 0 Å². The lowest BCUT2D eigenvalue weighted by Gasteiger charge is -2.19. The Balaban J connectivity index is 1.21. The zero-order valence-electron chi connectivity index (χ0n) is 16.6. The van der Waals surface area contributed by atoms with Crippen LogP contribution >= 0.6 is 0 Å². The summed E-state index contributed by atoms with van der Waals surface area (Å²) in [5.41, 5.74) is 6.94. The van der Waals surface area contributed by atoms with Gasteiger partial charge < -0.3 is 9.80 Å². The minimum absolute atomic E-state index is 0.543. The summed E-state index contributed by atoms with van der Waals surface area (Å²) < 4.78 is 0. The molecule has 1 aliphatic carbocycles. The maximum absolute atomic E-state index is 4.78. The molecule has 1 saturated heterocycles. The van der Waals surface area contributed by atoms with Gasteiger partial charge in [-0.1, -0.05) is 42.5 Å². The number of aromatic nitrogens is 1. The second kappa shape index (κ2) is 7.92. The Bertz CT molecular complexity index is 860. The topological polar surface area (TPSA) is 19.4 Å². The van der Waals surface area contributed by atoms with Crippen molar-refractivity contribution in [3.63, 3.8) is 0 Å². The molecule has 1 aromatic heterocycles. The molecule has 0 saturated carbocycles. The first-order chi connectivity index (χ1) is 13.8. The number of hydrogen-bond acceptors (Lipinski definition) is 3. The molecule has 28 heavy (non-hydrogen) atoms. The molecule has 1 unspecified atom stereocenters. The second-order valence-corrected chi connectivity index (χ2v) is 8.37. The number of benzene rings is 1. The number of pyridine rings is 1. The van der Waals surface area contributed by atoms with Gasteiger partial charge in [-0.25, -0.2) is 0 Å². The van der Waals surface area contributed by atoms with Crippen molar-refractivity contribution in [1.82, 2.24) is 14.8 Å². The van der Waals surface area contributed by atoms with E-state index in [1.165, 1.54) is 48.3 Å². The molecule has 2 aliphatic heterocycles. The van der Waals surface area contributed by atoms with E-state index in [4.69, 9.17) is 4.98 Å². The molecule has 3 heterocycles. The summed E-state index contributed by atoms with van der Waals surface area (Å²) in [6.07, 6.45) is 11.8. The Hall–Kier alpha value is -2.39. The molecular weight excluding hydrogens is 342 g/mol. The molecular formula is C25H29N3. The fourth-order valence-corrected chi connectivity index (χ4v) is 4.86. The zero-order valence-corrected chi connectivity index (χ0v) is 16.6. The van der Waals surface area contributed by atoms with Crippen molar-refractivity contribution in [2.75, 3.05) is 26.2 Å². The van der Waals surface area contributed by atoms with Gasteiger partial charge in [0.25, 0.3) is 0 Å². The molecule has 0 radical (unpaired) electrons. The van der Waals surface area contributed by atoms with Gasteiger partial charge >= 0.3 is 0 Å². The first kappa shape index (κ1) is 17.7. The number of nitrogens with zero attached hydrogens (tertiary/aromatic N) is 3. The van der Waals surface area contributed by atoms with Crippen LogP contribution in [0.2, 0.25) is 0 Å². The van der Waals surface area contributed by atoms with E-state index in [-0.39, 0.29) is 0 Å². The van der Waals surface area contributed by atoms with Crippen LogP contribution in [-0.2, 0) is 13.0 Å². The zero-order chi connectivity index (χ0) is 18.8. The molecule has 144 valence electrons. The van der Waals surface area contributed by atoms with E-state index >= 15 is 0 Å². The van der Waals surface area contributed by atoms with Crippen LogP contribution in [-0.4, -0.2) is 41.0 Å². The third-order valence-electron chi connectivity index (χ3n) is 6.42. The van der Waals surface area contributed by atoms with Crippen LogP contribution in [0.1, 0.15) is 36.1 Å². The van der Waals surface area contributed by atoms with E-state index in [0.29, 0.717) is 5.92 Å². The first-order valence-corrected chi connectivity index (χ1v) is 10.7. The standard InChI is InChI=1S/C25H29N3/c1-2-6-20(7-3-1)17-28-18-22-9-11-24(25(22)19-28)21-8-10-23(26-16-21)12-15-27-13-4-5-14-27/h1-3,6-8,10-11,16,18,25H,4-5,9,12-15,17,19H2. The average molecular weight is 372 g/mol. The molecule has 0 N–H and O–H groups in total. The van der Waals surface area contributed by atoms with Crippen molar-refractivity contribution >= 4 is 5.57 Å². The quantitative estimate of drug-likeness (QED) is 0.744. The van der Waals surface area contributed by atoms with Crippen LogP contribution in [0.25, 0.3) is 5.57 Å². The van der Waals surface area contributed by atoms with Crippen LogP contribution in [0, 0.1) is 5.92 Å². The highest BCUT2D eigenvalue weighted by Crippen LogP contribution is 2.42. The minimum atomic E-state index is 0.543. The van der Waals surface area contributed by atoms with Gasteiger partial charge in [0.2, 0.25) is 0 Å². The van der Waals surface area contributed by atoms with Gasteiger partial charge in [-0.2, -0.15) is 0 Å². The predicted molar refractivity (Wildman–Crippen MR) is 115 cm³/mol. The average Bonchev–Trinajstić information content (AvgIpc) is 3.45. The molecule has 1 fully saturated rings. The Kier molecular flexibility index (Phi) is 5.01. The van der Waals surface area contributed by atoms with Crippen LogP contribution in [0.5, 0.6) is 0 Å². The molecule has 2 aromatic rings. The number of allylic oxidation sites excluding steroid dienone is 1. The first-order valence-electron chi connectivity index (χ1n) is 10.7. The molecule has 1 aromatic carbocycles. The Morgan fingerprint density at radius 3 is 2.64 bits per heavy atom. The lowest BCUT2D eigenvalue weighted by atomic mass is 9.94. The molecule has 5 rings (SSSR count). The number of fused-ring (bicyclic) bond motifs is 1. The van der Waals surface area contributed by atoms with Crippen LogP contribution in [0.4, 0.5) is 0 Å². The minimum Gasteiger partial charge on any atom is -0.372 e. The van der Waals surface area contributed by atoms with Crippen molar-refractivity contribution in [2.24, 2.45) is 5.92 Å². The Labute approximate surface area is 168 Å². The summed E-state index contributed by atoms with van der Waals surface area (Å²) >= 11 is 0. The summed E-state index contributed by atoms with van der Waals surface area (Å²) in [5.74, 6) is 0.543. The molecule has 3 nitrogen and oxygen atoms in total. The Morgan fingerprint density at radius 2 is 1.86 bits per heavy atom. The van der Waals surface area contributed by atoms with Crippen LogP contribution in [0.3, 0.4) is 0 Å². The van der Waals surface area contributed by atoms with E-state index in [9.17, 15) is 0 Å². The molecule has 0 bridgehead atoms. The van der Waals surface area contributed by atoms with Gasteiger partial charge in [0.05, 0.1) is 0 Å². The van der Waals surface area contributed by atoms with Gasteiger partial charge in [0.15, 0.2) is 0 Å². The predicted octanol–water partition coefficient (Wildman–Crippen LogP) is 4.52. The monoisotopic (exact) mass is 371 g/mol. The van der Waals surface area contributed by atoms with E-state index < -0.39 is 0 Å². The van der Waals surface area contributed by atoms with Gasteiger partial charge in [0, 0.05) is 43.9 Å². The molecule has 3 aliphatic rings. The molecule has 3 heteroatoms. The normalized spacial score (nSPS) is 21.7. The maximum atomic E-state index is 4.78. The third kappa shape index (κ3) is 3.77. The lowest BCUT2D eigenvalue weighted by molar-refractivity contribution is 0.342. The fourth-order valence-electron chi connectivity index (χ4n) is 4.86. The van der Waals surface area contributed by atoms with Gasteiger partial charge in [-0.15, -0.1) is 0 Å². The van der Waals surface area contributed by atoms with E-state index in [1.54, 1.807) is 5.57 Å². The smallest absolute Gasteiger partial charge is 0.0424 e. The van der Waals surface area contributed by atoms with Crippen molar-refractivity contribution in [1.29, 1.82) is 0 Å². The summed E-state index contributed by atoms with van der Waals surface area (Å²) in [6.45, 7) is 5.77. The van der Waals surface area contributed by atoms with Crippen molar-refractivity contribution in [3.8, 4) is 0 Å². The highest BCUT2D eigenvalue weighted by atomic mass is 15.1. The number of hydrogen-bond donors (Lipinski definition) is 0. The molecule has 0 amide bonds. The summed E-state index contributed by atoms with van der Waals surface area (Å²) in [6, 6.07) is 15.3. The number of likely N-dealkylation sites (tertiary alicyclic amines) is 1.